The van der Waals surface area contributed by atoms with E-state index in [-0.39, 0.29) is 15.3 Å². The Morgan fingerprint density at radius 1 is 1.45 bits per heavy atom. The molecular formula is C10H13F3N2O3S2. The molecule has 0 fully saturated rings. The SMILES string of the molecule is Cc1c(C(=O)N(C)CCC(F)(F)F)csc1S(N)(=O)=O. The van der Waals surface area contributed by atoms with E-state index in [0.29, 0.717) is 0 Å². The molecule has 1 amide bonds. The van der Waals surface area contributed by atoms with Crippen molar-refractivity contribution in [1.82, 2.24) is 4.90 Å². The molecule has 0 aliphatic carbocycles. The van der Waals surface area contributed by atoms with E-state index in [9.17, 15) is 26.4 Å². The molecule has 1 aromatic rings. The minimum Gasteiger partial charge on any atom is -0.341 e. The molecule has 0 bridgehead atoms. The second-order valence-electron chi connectivity index (χ2n) is 4.20. The van der Waals surface area contributed by atoms with Crippen LogP contribution in [0.5, 0.6) is 0 Å². The summed E-state index contributed by atoms with van der Waals surface area (Å²) in [6.07, 6.45) is -5.48. The molecule has 0 aliphatic heterocycles. The van der Waals surface area contributed by atoms with Crippen LogP contribution in [0.15, 0.2) is 9.59 Å². The van der Waals surface area contributed by atoms with E-state index in [1.54, 1.807) is 0 Å². The summed E-state index contributed by atoms with van der Waals surface area (Å²) in [5.74, 6) is -0.669. The van der Waals surface area contributed by atoms with Crippen molar-refractivity contribution < 1.29 is 26.4 Å². The summed E-state index contributed by atoms with van der Waals surface area (Å²) in [6.45, 7) is 0.892. The fourth-order valence-corrected chi connectivity index (χ4v) is 3.50. The van der Waals surface area contributed by atoms with Gasteiger partial charge in [-0.3, -0.25) is 4.79 Å². The van der Waals surface area contributed by atoms with Crippen LogP contribution < -0.4 is 5.14 Å². The lowest BCUT2D eigenvalue weighted by atomic mass is 10.2. The fraction of sp³-hybridized carbons (Fsp3) is 0.500. The van der Waals surface area contributed by atoms with Crippen molar-refractivity contribution in [2.45, 2.75) is 23.7 Å². The molecule has 0 atom stereocenters. The maximum atomic E-state index is 12.1. The third kappa shape index (κ3) is 4.18. The molecule has 1 aromatic heterocycles. The number of carbonyl (C=O) groups is 1. The van der Waals surface area contributed by atoms with E-state index >= 15 is 0 Å². The van der Waals surface area contributed by atoms with Crippen LogP contribution in [0.2, 0.25) is 0 Å². The molecule has 0 saturated carbocycles. The number of primary sulfonamides is 1. The Morgan fingerprint density at radius 3 is 2.40 bits per heavy atom. The Labute approximate surface area is 118 Å². The average Bonchev–Trinajstić information content (AvgIpc) is 2.65. The molecule has 1 heterocycles. The van der Waals surface area contributed by atoms with Gasteiger partial charge in [0.25, 0.3) is 5.91 Å². The molecule has 1 rings (SSSR count). The summed E-state index contributed by atoms with van der Waals surface area (Å²) in [4.78, 5) is 12.9. The van der Waals surface area contributed by atoms with Crippen LogP contribution in [0.1, 0.15) is 22.3 Å². The van der Waals surface area contributed by atoms with Gasteiger partial charge in [-0.15, -0.1) is 11.3 Å². The monoisotopic (exact) mass is 330 g/mol. The first kappa shape index (κ1) is 16.9. The van der Waals surface area contributed by atoms with Crippen molar-refractivity contribution >= 4 is 27.3 Å². The van der Waals surface area contributed by atoms with Crippen molar-refractivity contribution in [3.63, 3.8) is 0 Å². The highest BCUT2D eigenvalue weighted by Gasteiger charge is 2.29. The predicted molar refractivity (Wildman–Crippen MR) is 68.1 cm³/mol. The van der Waals surface area contributed by atoms with Crippen LogP contribution in [-0.2, 0) is 10.0 Å². The van der Waals surface area contributed by atoms with Gasteiger partial charge in [-0.05, 0) is 12.5 Å². The lowest BCUT2D eigenvalue weighted by molar-refractivity contribution is -0.136. The molecule has 2 N–H and O–H groups in total. The van der Waals surface area contributed by atoms with E-state index < -0.39 is 35.1 Å². The summed E-state index contributed by atoms with van der Waals surface area (Å²) in [7, 11) is -2.72. The zero-order chi connectivity index (χ0) is 15.7. The molecular weight excluding hydrogens is 317 g/mol. The molecule has 20 heavy (non-hydrogen) atoms. The Morgan fingerprint density at radius 2 is 2.00 bits per heavy atom. The Bertz CT molecular complexity index is 608. The number of hydrogen-bond donors (Lipinski definition) is 1. The summed E-state index contributed by atoms with van der Waals surface area (Å²) in [5.41, 5.74) is 0.199. The van der Waals surface area contributed by atoms with Crippen molar-refractivity contribution in [3.05, 3.63) is 16.5 Å². The molecule has 0 spiro atoms. The zero-order valence-electron chi connectivity index (χ0n) is 10.7. The number of sulfonamides is 1. The minimum atomic E-state index is -4.36. The number of amides is 1. The van der Waals surface area contributed by atoms with Crippen LogP contribution in [0.3, 0.4) is 0 Å². The number of thiophene rings is 1. The molecule has 0 unspecified atom stereocenters. The molecule has 5 nitrogen and oxygen atoms in total. The molecule has 114 valence electrons. The largest absolute Gasteiger partial charge is 0.390 e. The number of rotatable bonds is 4. The number of halogens is 3. The first-order valence-corrected chi connectivity index (χ1v) is 7.79. The smallest absolute Gasteiger partial charge is 0.341 e. The van der Waals surface area contributed by atoms with E-state index in [0.717, 1.165) is 16.2 Å². The Hall–Kier alpha value is -1.13. The molecule has 0 saturated heterocycles. The van der Waals surface area contributed by atoms with Crippen LogP contribution in [0.25, 0.3) is 0 Å². The van der Waals surface area contributed by atoms with Gasteiger partial charge in [0.15, 0.2) is 0 Å². The number of nitrogens with zero attached hydrogens (tertiary/aromatic N) is 1. The van der Waals surface area contributed by atoms with E-state index in [1.807, 2.05) is 0 Å². The van der Waals surface area contributed by atoms with E-state index in [4.69, 9.17) is 5.14 Å². The highest BCUT2D eigenvalue weighted by Crippen LogP contribution is 2.27. The molecule has 10 heteroatoms. The van der Waals surface area contributed by atoms with Crippen LogP contribution >= 0.6 is 11.3 Å². The van der Waals surface area contributed by atoms with Gasteiger partial charge in [-0.2, -0.15) is 13.2 Å². The van der Waals surface area contributed by atoms with Gasteiger partial charge in [0.2, 0.25) is 10.0 Å². The van der Waals surface area contributed by atoms with Crippen molar-refractivity contribution in [3.8, 4) is 0 Å². The number of nitrogens with two attached hydrogens (primary N) is 1. The second kappa shape index (κ2) is 5.70. The van der Waals surface area contributed by atoms with Crippen molar-refractivity contribution in [2.75, 3.05) is 13.6 Å². The highest BCUT2D eigenvalue weighted by molar-refractivity contribution is 7.91. The standard InChI is InChI=1S/C10H13F3N2O3S2/c1-6-7(5-19-9(6)20(14,17)18)8(16)15(2)4-3-10(11,12)13/h5H,3-4H2,1-2H3,(H2,14,17,18). The second-order valence-corrected chi connectivity index (χ2v) is 6.84. The van der Waals surface area contributed by atoms with Gasteiger partial charge in [-0.25, -0.2) is 13.6 Å². The van der Waals surface area contributed by atoms with Crippen molar-refractivity contribution in [1.29, 1.82) is 0 Å². The van der Waals surface area contributed by atoms with Crippen LogP contribution in [-0.4, -0.2) is 39.0 Å². The summed E-state index contributed by atoms with van der Waals surface area (Å²) in [6, 6.07) is 0. The lowest BCUT2D eigenvalue weighted by Gasteiger charge is -2.18. The Kier molecular flexibility index (Phi) is 4.82. The van der Waals surface area contributed by atoms with Crippen LogP contribution in [0, 0.1) is 6.92 Å². The maximum absolute atomic E-state index is 12.1. The maximum Gasteiger partial charge on any atom is 0.390 e. The molecule has 0 aliphatic rings. The van der Waals surface area contributed by atoms with Gasteiger partial charge in [0.1, 0.15) is 4.21 Å². The first-order valence-electron chi connectivity index (χ1n) is 5.36. The van der Waals surface area contributed by atoms with Gasteiger partial charge >= 0.3 is 6.18 Å². The quantitative estimate of drug-likeness (QED) is 0.913. The Balaban J connectivity index is 2.91. The summed E-state index contributed by atoms with van der Waals surface area (Å²) < 4.78 is 58.6. The summed E-state index contributed by atoms with van der Waals surface area (Å²) >= 11 is 0.770. The highest BCUT2D eigenvalue weighted by atomic mass is 32.2. The van der Waals surface area contributed by atoms with E-state index in [2.05, 4.69) is 0 Å². The van der Waals surface area contributed by atoms with Gasteiger partial charge < -0.3 is 4.90 Å². The molecule has 0 aromatic carbocycles. The predicted octanol–water partition coefficient (Wildman–Crippen LogP) is 1.73. The minimum absolute atomic E-state index is 0.0451. The zero-order valence-corrected chi connectivity index (χ0v) is 12.3. The molecule has 0 radical (unpaired) electrons. The third-order valence-corrected chi connectivity index (χ3v) is 5.24. The first-order chi connectivity index (χ1) is 8.93. The fourth-order valence-electron chi connectivity index (χ4n) is 1.49. The third-order valence-electron chi connectivity index (χ3n) is 2.56. The van der Waals surface area contributed by atoms with E-state index in [1.165, 1.54) is 19.4 Å². The summed E-state index contributed by atoms with van der Waals surface area (Å²) in [5, 5.41) is 6.25. The number of carbonyl (C=O) groups excluding carboxylic acids is 1. The van der Waals surface area contributed by atoms with Crippen LogP contribution in [0.4, 0.5) is 13.2 Å². The topological polar surface area (TPSA) is 80.5 Å². The number of hydrogen-bond acceptors (Lipinski definition) is 4. The van der Waals surface area contributed by atoms with Gasteiger partial charge in [-0.1, -0.05) is 0 Å². The van der Waals surface area contributed by atoms with Crippen molar-refractivity contribution in [2.24, 2.45) is 5.14 Å². The van der Waals surface area contributed by atoms with Gasteiger partial charge in [0, 0.05) is 19.0 Å². The average molecular weight is 330 g/mol. The van der Waals surface area contributed by atoms with Gasteiger partial charge in [0.05, 0.1) is 12.0 Å². The normalized spacial score (nSPS) is 12.5. The lowest BCUT2D eigenvalue weighted by Crippen LogP contribution is -2.30. The number of alkyl halides is 3.